The highest BCUT2D eigenvalue weighted by molar-refractivity contribution is 7.26. The van der Waals surface area contributed by atoms with Gasteiger partial charge in [-0.3, -0.25) is 0 Å². The highest BCUT2D eigenvalue weighted by Crippen LogP contribution is 2.46. The molecule has 8 nitrogen and oxygen atoms in total. The first kappa shape index (κ1) is 69.5. The summed E-state index contributed by atoms with van der Waals surface area (Å²) in [5, 5.41) is 10.0. The molecule has 23 rings (SSSR count). The van der Waals surface area contributed by atoms with Crippen molar-refractivity contribution in [1.29, 1.82) is 0 Å². The summed E-state index contributed by atoms with van der Waals surface area (Å²) in [7, 11) is 0. The van der Waals surface area contributed by atoms with Crippen LogP contribution in [0.2, 0.25) is 0 Å². The van der Waals surface area contributed by atoms with E-state index in [1.54, 1.807) is 0 Å². The number of hydrogen-bond acceptors (Lipinski definition) is 8. The second-order valence-corrected chi connectivity index (χ2v) is 31.8. The topological polar surface area (TPSA) is 87.2 Å². The normalized spacial score (nSPS) is 11.6. The van der Waals surface area contributed by atoms with Gasteiger partial charge in [-0.1, -0.05) is 322 Å². The summed E-state index contributed by atoms with van der Waals surface area (Å²) in [5.74, 6) is 3.80. The van der Waals surface area contributed by atoms with E-state index in [1.807, 2.05) is 108 Å². The van der Waals surface area contributed by atoms with Gasteiger partial charge in [-0.2, -0.15) is 0 Å². The number of hydrogen-bond donors (Lipinski definition) is 0. The van der Waals surface area contributed by atoms with Crippen LogP contribution in [0.3, 0.4) is 0 Å². The molecule has 0 spiro atoms. The van der Waals surface area contributed by atoms with Crippen LogP contribution in [0, 0.1) is 0 Å². The van der Waals surface area contributed by atoms with E-state index < -0.39 is 0 Å². The van der Waals surface area contributed by atoms with Crippen molar-refractivity contribution in [2.45, 2.75) is 0 Å². The maximum Gasteiger partial charge on any atom is 0.164 e. The summed E-state index contributed by atoms with van der Waals surface area (Å²) in [6, 6.07) is 146. The van der Waals surface area contributed by atoms with Gasteiger partial charge in [0.05, 0.1) is 22.1 Å². The van der Waals surface area contributed by atoms with Crippen LogP contribution in [0.15, 0.2) is 413 Å². The number of thiophene rings is 2. The average Bonchev–Trinajstić information content (AvgIpc) is 1.58. The van der Waals surface area contributed by atoms with Crippen molar-refractivity contribution in [1.82, 2.24) is 39.0 Å². The third kappa shape index (κ3) is 12.7. The van der Waals surface area contributed by atoms with Crippen LogP contribution in [0.5, 0.6) is 0 Å². The number of benzene rings is 17. The molecular weight excluding hydrogens is 1470 g/mol. The van der Waals surface area contributed by atoms with Crippen LogP contribution in [0.4, 0.5) is 0 Å². The molecule has 0 bridgehead atoms. The highest BCUT2D eigenvalue weighted by atomic mass is 32.1. The van der Waals surface area contributed by atoms with E-state index in [9.17, 15) is 0 Å². The molecule has 23 aromatic rings. The summed E-state index contributed by atoms with van der Waals surface area (Å²) in [4.78, 5) is 30.4. The minimum Gasteiger partial charge on any atom is -0.309 e. The molecule has 0 aliphatic rings. The predicted molar refractivity (Wildman–Crippen MR) is 494 cm³/mol. The summed E-state index contributed by atoms with van der Waals surface area (Å²) in [6.45, 7) is 0. The van der Waals surface area contributed by atoms with Gasteiger partial charge < -0.3 is 9.13 Å². The third-order valence-corrected chi connectivity index (χ3v) is 24.9. The molecule has 552 valence electrons. The number of nitrogens with zero attached hydrogens (tertiary/aromatic N) is 8. The van der Waals surface area contributed by atoms with Crippen molar-refractivity contribution in [3.63, 3.8) is 0 Å². The molecule has 0 aliphatic carbocycles. The van der Waals surface area contributed by atoms with Gasteiger partial charge in [0.1, 0.15) is 0 Å². The van der Waals surface area contributed by atoms with E-state index in [2.05, 4.69) is 337 Å². The van der Waals surface area contributed by atoms with Crippen LogP contribution in [-0.2, 0) is 0 Å². The van der Waals surface area contributed by atoms with Gasteiger partial charge >= 0.3 is 0 Å². The zero-order chi connectivity index (χ0) is 78.0. The molecule has 118 heavy (non-hydrogen) atoms. The highest BCUT2D eigenvalue weighted by Gasteiger charge is 2.23. The van der Waals surface area contributed by atoms with Crippen molar-refractivity contribution in [3.05, 3.63) is 413 Å². The minimum atomic E-state index is 0.617. The molecule has 0 atom stereocenters. The van der Waals surface area contributed by atoms with Crippen LogP contribution in [0.25, 0.3) is 219 Å². The van der Waals surface area contributed by atoms with E-state index in [-0.39, 0.29) is 0 Å². The molecular formula is C108H68N8S2. The minimum absolute atomic E-state index is 0.617. The van der Waals surface area contributed by atoms with Crippen LogP contribution in [0.1, 0.15) is 0 Å². The Morgan fingerprint density at radius 3 is 0.780 bits per heavy atom. The summed E-state index contributed by atoms with van der Waals surface area (Å²) in [6.07, 6.45) is 0. The SMILES string of the molecule is c1ccc(-c2ccc3c(c2)c2cc(-c4cccc5c4sc4ccccc45)ccc2n3-c2cccc(-c3nc(-c4ccccc4)nc(-c4ccccc4)n3)c2)cc1.c1ccc(-c2cccc(-c3nc(-c4ccccc4)nc(-c4cccc(-n5c6ccc(-c7ccccc7)cc6c6cc(-c7cccc8c7sc7ccccc78)ccc65)c4)n3)c2)cc1. The van der Waals surface area contributed by atoms with Gasteiger partial charge in [-0.25, -0.2) is 29.9 Å². The van der Waals surface area contributed by atoms with Gasteiger partial charge in [0.25, 0.3) is 0 Å². The molecule has 0 saturated heterocycles. The lowest BCUT2D eigenvalue weighted by atomic mass is 9.99. The van der Waals surface area contributed by atoms with Gasteiger partial charge in [-0.05, 0) is 147 Å². The quantitative estimate of drug-likeness (QED) is 0.114. The smallest absolute Gasteiger partial charge is 0.164 e. The number of fused-ring (bicyclic) bond motifs is 12. The fraction of sp³-hybridized carbons (Fsp3) is 0. The first-order valence-corrected chi connectivity index (χ1v) is 41.2. The van der Waals surface area contributed by atoms with Crippen molar-refractivity contribution in [2.24, 2.45) is 0 Å². The number of aromatic nitrogens is 8. The van der Waals surface area contributed by atoms with Crippen molar-refractivity contribution >= 4 is 107 Å². The van der Waals surface area contributed by atoms with Crippen LogP contribution >= 0.6 is 22.7 Å². The zero-order valence-electron chi connectivity index (χ0n) is 63.7. The fourth-order valence-electron chi connectivity index (χ4n) is 16.8. The van der Waals surface area contributed by atoms with Gasteiger partial charge in [-0.15, -0.1) is 22.7 Å². The lowest BCUT2D eigenvalue weighted by Crippen LogP contribution is -2.01. The number of rotatable bonds is 13. The Hall–Kier alpha value is -15.2. The Kier molecular flexibility index (Phi) is 17.5. The summed E-state index contributed by atoms with van der Waals surface area (Å²) >= 11 is 3.74. The third-order valence-electron chi connectivity index (χ3n) is 22.5. The fourth-order valence-corrected chi connectivity index (χ4v) is 19.3. The van der Waals surface area contributed by atoms with E-state index in [4.69, 9.17) is 29.9 Å². The molecule has 0 saturated carbocycles. The van der Waals surface area contributed by atoms with Crippen LogP contribution in [-0.4, -0.2) is 39.0 Å². The molecule has 10 heteroatoms. The predicted octanol–water partition coefficient (Wildman–Crippen LogP) is 29.0. The first-order valence-electron chi connectivity index (χ1n) is 39.6. The Labute approximate surface area is 688 Å². The molecule has 6 heterocycles. The van der Waals surface area contributed by atoms with E-state index in [0.29, 0.717) is 34.9 Å². The standard InChI is InChI=1S/C57H36N4S.C51H32N4S/c1-4-15-37(16-5-1)40-21-12-22-43(33-40)56-58-55(39-19-8-3-9-20-39)59-57(60-56)44-23-13-24-45(34-44)61-51-31-29-41(38-17-6-2-7-18-38)35-49(51)50-36-42(30-32-52(50)61)46-26-14-27-48-47-25-10-11-28-53(47)62-54(46)48;1-4-14-33(15-5-1)36-26-28-45-43(31-36)44-32-37(40-23-13-24-42-41-22-10-11-25-47(41)56-48(40)42)27-29-46(44)55(45)39-21-12-20-38(30-39)51-53-49(34-16-6-2-7-17-34)52-50(54-51)35-18-8-3-9-19-35/h1-36H;1-32H. The van der Waals surface area contributed by atoms with Crippen LogP contribution < -0.4 is 0 Å². The molecule has 17 aromatic carbocycles. The molecule has 0 amide bonds. The lowest BCUT2D eigenvalue weighted by molar-refractivity contribution is 1.07. The van der Waals surface area contributed by atoms with E-state index in [1.165, 1.54) is 106 Å². The second-order valence-electron chi connectivity index (χ2n) is 29.6. The molecule has 0 radical (unpaired) electrons. The van der Waals surface area contributed by atoms with Crippen molar-refractivity contribution < 1.29 is 0 Å². The monoisotopic (exact) mass is 1540 g/mol. The second kappa shape index (κ2) is 29.6. The Balaban J connectivity index is 0.000000143. The largest absolute Gasteiger partial charge is 0.309 e. The Morgan fingerprint density at radius 2 is 0.415 bits per heavy atom. The zero-order valence-corrected chi connectivity index (χ0v) is 65.3. The Morgan fingerprint density at radius 1 is 0.161 bits per heavy atom. The Bertz CT molecular complexity index is 7730. The van der Waals surface area contributed by atoms with Gasteiger partial charge in [0.15, 0.2) is 34.9 Å². The maximum absolute atomic E-state index is 5.18. The molecule has 0 unspecified atom stereocenters. The van der Waals surface area contributed by atoms with Crippen molar-refractivity contribution in [3.8, 4) is 135 Å². The van der Waals surface area contributed by atoms with Gasteiger partial charge in [0.2, 0.25) is 0 Å². The van der Waals surface area contributed by atoms with Crippen molar-refractivity contribution in [2.75, 3.05) is 0 Å². The van der Waals surface area contributed by atoms with Gasteiger partial charge in [0, 0.05) is 107 Å². The maximum atomic E-state index is 5.18. The average molecular weight is 1540 g/mol. The molecule has 0 aliphatic heterocycles. The molecule has 0 fully saturated rings. The van der Waals surface area contributed by atoms with E-state index in [0.717, 1.165) is 77.9 Å². The van der Waals surface area contributed by atoms with E-state index >= 15 is 0 Å². The molecule has 6 aromatic heterocycles. The first-order chi connectivity index (χ1) is 58.5. The lowest BCUT2D eigenvalue weighted by Gasteiger charge is -2.12. The molecule has 0 N–H and O–H groups in total. The summed E-state index contributed by atoms with van der Waals surface area (Å²) < 4.78 is 10.0. The summed E-state index contributed by atoms with van der Waals surface area (Å²) in [5.41, 5.74) is 24.1.